The molecular formula is C42H31N5. The zero-order valence-corrected chi connectivity index (χ0v) is 26.0. The highest BCUT2D eigenvalue weighted by Gasteiger charge is 2.23. The van der Waals surface area contributed by atoms with Crippen LogP contribution in [0.1, 0.15) is 18.9 Å². The van der Waals surface area contributed by atoms with Crippen LogP contribution in [0.2, 0.25) is 0 Å². The summed E-state index contributed by atoms with van der Waals surface area (Å²) in [4.78, 5) is 15.5. The topological polar surface area (TPSA) is 48.5 Å². The van der Waals surface area contributed by atoms with Gasteiger partial charge in [-0.1, -0.05) is 135 Å². The average Bonchev–Trinajstić information content (AvgIpc) is 3.66. The van der Waals surface area contributed by atoms with Gasteiger partial charge in [-0.05, 0) is 36.2 Å². The van der Waals surface area contributed by atoms with Gasteiger partial charge in [0.05, 0.1) is 22.1 Å². The van der Waals surface area contributed by atoms with Crippen LogP contribution in [0.15, 0.2) is 146 Å². The van der Waals surface area contributed by atoms with Gasteiger partial charge in [0.15, 0.2) is 11.6 Å². The molecule has 0 N–H and O–H groups in total. The Labute approximate surface area is 272 Å². The Bertz CT molecular complexity index is 2560. The molecule has 0 spiro atoms. The second-order valence-electron chi connectivity index (χ2n) is 12.0. The van der Waals surface area contributed by atoms with Gasteiger partial charge in [0.1, 0.15) is 0 Å². The van der Waals surface area contributed by atoms with Crippen LogP contribution in [0.5, 0.6) is 0 Å². The number of nitrogens with zero attached hydrogens (tertiary/aromatic N) is 5. The number of benzene rings is 6. The van der Waals surface area contributed by atoms with Crippen molar-refractivity contribution in [1.82, 2.24) is 24.1 Å². The maximum absolute atomic E-state index is 5.24. The second kappa shape index (κ2) is 11.1. The van der Waals surface area contributed by atoms with E-state index >= 15 is 0 Å². The first-order valence-corrected chi connectivity index (χ1v) is 16.2. The summed E-state index contributed by atoms with van der Waals surface area (Å²) in [5.41, 5.74) is 8.74. The molecule has 5 nitrogen and oxygen atoms in total. The lowest BCUT2D eigenvalue weighted by atomic mass is 10.1. The number of rotatable bonds is 6. The van der Waals surface area contributed by atoms with Crippen LogP contribution in [0, 0.1) is 0 Å². The molecular weight excluding hydrogens is 574 g/mol. The fourth-order valence-electron chi connectivity index (χ4n) is 6.97. The first-order chi connectivity index (χ1) is 23.3. The number of aromatic nitrogens is 5. The summed E-state index contributed by atoms with van der Waals surface area (Å²) in [5.74, 6) is 1.89. The van der Waals surface area contributed by atoms with E-state index < -0.39 is 0 Å². The van der Waals surface area contributed by atoms with Crippen LogP contribution in [-0.2, 0) is 6.42 Å². The van der Waals surface area contributed by atoms with Gasteiger partial charge in [0.25, 0.3) is 0 Å². The van der Waals surface area contributed by atoms with Crippen molar-refractivity contribution >= 4 is 43.6 Å². The lowest BCUT2D eigenvalue weighted by molar-refractivity contribution is 0.921. The Hall–Kier alpha value is -6.07. The van der Waals surface area contributed by atoms with Crippen molar-refractivity contribution in [1.29, 1.82) is 0 Å². The molecule has 0 aliphatic carbocycles. The SMILES string of the molecule is CCCc1ccc(-c2nc(-c3ccccc3)nc(-n3c4ccccc4c4ccc5c6ccccc6n(-c6ccccc6)c5c43)n2)cc1. The Morgan fingerprint density at radius 3 is 1.57 bits per heavy atom. The molecule has 0 saturated heterocycles. The zero-order valence-electron chi connectivity index (χ0n) is 26.0. The van der Waals surface area contributed by atoms with E-state index in [1.807, 2.05) is 18.2 Å². The summed E-state index contributed by atoms with van der Waals surface area (Å²) < 4.78 is 4.63. The van der Waals surface area contributed by atoms with Crippen molar-refractivity contribution < 1.29 is 0 Å². The van der Waals surface area contributed by atoms with Crippen molar-refractivity contribution in [3.63, 3.8) is 0 Å². The fraction of sp³-hybridized carbons (Fsp3) is 0.0714. The van der Waals surface area contributed by atoms with Crippen LogP contribution in [0.3, 0.4) is 0 Å². The largest absolute Gasteiger partial charge is 0.307 e. The van der Waals surface area contributed by atoms with E-state index in [0.29, 0.717) is 17.6 Å². The van der Waals surface area contributed by atoms with Gasteiger partial charge in [-0.2, -0.15) is 9.97 Å². The molecule has 6 aromatic carbocycles. The molecule has 5 heteroatoms. The van der Waals surface area contributed by atoms with Gasteiger partial charge in [0, 0.05) is 38.4 Å². The lowest BCUT2D eigenvalue weighted by Gasteiger charge is -2.13. The van der Waals surface area contributed by atoms with Crippen molar-refractivity contribution in [2.24, 2.45) is 0 Å². The maximum Gasteiger partial charge on any atom is 0.238 e. The van der Waals surface area contributed by atoms with Crippen molar-refractivity contribution in [3.05, 3.63) is 151 Å². The number of fused-ring (bicyclic) bond motifs is 7. The molecule has 3 heterocycles. The van der Waals surface area contributed by atoms with E-state index in [1.54, 1.807) is 0 Å². The molecule has 0 atom stereocenters. The first-order valence-electron chi connectivity index (χ1n) is 16.2. The predicted octanol–water partition coefficient (Wildman–Crippen LogP) is 10.4. The van der Waals surface area contributed by atoms with Gasteiger partial charge in [-0.15, -0.1) is 0 Å². The molecule has 0 bridgehead atoms. The average molecular weight is 606 g/mol. The minimum absolute atomic E-state index is 0.593. The maximum atomic E-state index is 5.24. The van der Waals surface area contributed by atoms with Crippen molar-refractivity contribution in [3.8, 4) is 34.4 Å². The van der Waals surface area contributed by atoms with Crippen LogP contribution in [-0.4, -0.2) is 24.1 Å². The number of para-hydroxylation sites is 3. The molecule has 47 heavy (non-hydrogen) atoms. The third-order valence-corrected chi connectivity index (χ3v) is 9.09. The molecule has 0 fully saturated rings. The van der Waals surface area contributed by atoms with E-state index in [9.17, 15) is 0 Å². The number of aryl methyl sites for hydroxylation is 1. The summed E-state index contributed by atoms with van der Waals surface area (Å²) >= 11 is 0. The second-order valence-corrected chi connectivity index (χ2v) is 12.0. The summed E-state index contributed by atoms with van der Waals surface area (Å²) in [5, 5.41) is 4.70. The minimum atomic E-state index is 0.593. The molecule has 0 radical (unpaired) electrons. The molecule has 0 aliphatic rings. The van der Waals surface area contributed by atoms with Crippen molar-refractivity contribution in [2.75, 3.05) is 0 Å². The Kier molecular flexibility index (Phi) is 6.42. The van der Waals surface area contributed by atoms with Gasteiger partial charge < -0.3 is 4.57 Å². The fourth-order valence-corrected chi connectivity index (χ4v) is 6.97. The Balaban J connectivity index is 1.42. The quantitative estimate of drug-likeness (QED) is 0.189. The van der Waals surface area contributed by atoms with E-state index in [1.165, 1.54) is 16.3 Å². The van der Waals surface area contributed by atoms with E-state index in [0.717, 1.165) is 62.5 Å². The van der Waals surface area contributed by atoms with Crippen molar-refractivity contribution in [2.45, 2.75) is 19.8 Å². The molecule has 0 saturated carbocycles. The zero-order chi connectivity index (χ0) is 31.3. The summed E-state index contributed by atoms with van der Waals surface area (Å²) in [6.45, 7) is 2.21. The molecule has 0 amide bonds. The smallest absolute Gasteiger partial charge is 0.238 e. The van der Waals surface area contributed by atoms with Crippen LogP contribution < -0.4 is 0 Å². The summed E-state index contributed by atoms with van der Waals surface area (Å²) in [6.07, 6.45) is 2.15. The van der Waals surface area contributed by atoms with E-state index in [4.69, 9.17) is 15.0 Å². The predicted molar refractivity (Wildman–Crippen MR) is 193 cm³/mol. The molecule has 3 aromatic heterocycles. The summed E-state index contributed by atoms with van der Waals surface area (Å²) in [6, 6.07) is 51.2. The van der Waals surface area contributed by atoms with Gasteiger partial charge in [-0.3, -0.25) is 4.57 Å². The highest BCUT2D eigenvalue weighted by atomic mass is 15.2. The first kappa shape index (κ1) is 27.3. The monoisotopic (exact) mass is 605 g/mol. The van der Waals surface area contributed by atoms with Gasteiger partial charge >= 0.3 is 0 Å². The molecule has 9 aromatic rings. The van der Waals surface area contributed by atoms with E-state index in [-0.39, 0.29) is 0 Å². The Morgan fingerprint density at radius 2 is 0.957 bits per heavy atom. The Morgan fingerprint density at radius 1 is 0.447 bits per heavy atom. The normalized spacial score (nSPS) is 11.7. The molecule has 9 rings (SSSR count). The minimum Gasteiger partial charge on any atom is -0.307 e. The van der Waals surface area contributed by atoms with E-state index in [2.05, 4.69) is 143 Å². The van der Waals surface area contributed by atoms with Gasteiger partial charge in [-0.25, -0.2) is 4.98 Å². The molecule has 224 valence electrons. The van der Waals surface area contributed by atoms with Gasteiger partial charge in [0.2, 0.25) is 5.95 Å². The number of hydrogen-bond acceptors (Lipinski definition) is 3. The standard InChI is InChI=1S/C42H31N5/c1-2-13-28-22-24-30(25-23-28)41-43-40(29-14-5-3-6-15-29)44-42(45-41)47-37-21-12-10-19-33(37)35-27-26-34-32-18-9-11-20-36(32)46(38(34)39(35)47)31-16-7-4-8-17-31/h3-12,14-27H,2,13H2,1H3. The van der Waals surface area contributed by atoms with Crippen LogP contribution in [0.25, 0.3) is 78.0 Å². The third-order valence-electron chi connectivity index (χ3n) is 9.09. The molecule has 0 unspecified atom stereocenters. The van der Waals surface area contributed by atoms with Crippen LogP contribution in [0.4, 0.5) is 0 Å². The lowest BCUT2D eigenvalue weighted by Crippen LogP contribution is -2.07. The molecule has 0 aliphatic heterocycles. The van der Waals surface area contributed by atoms with Crippen LogP contribution >= 0.6 is 0 Å². The summed E-state index contributed by atoms with van der Waals surface area (Å²) in [7, 11) is 0. The highest BCUT2D eigenvalue weighted by molar-refractivity contribution is 6.23. The third kappa shape index (κ3) is 4.43. The number of hydrogen-bond donors (Lipinski definition) is 0. The highest BCUT2D eigenvalue weighted by Crippen LogP contribution is 2.41.